The number of para-hydroxylation sites is 1. The molecule has 108 valence electrons. The Labute approximate surface area is 127 Å². The molecule has 2 N–H and O–H groups in total. The number of carbonyl (C=O) groups excluding carboxylic acids is 2. The molecule has 0 aliphatic rings. The van der Waals surface area contributed by atoms with Crippen LogP contribution in [0.5, 0.6) is 0 Å². The van der Waals surface area contributed by atoms with Crippen LogP contribution in [-0.2, 0) is 9.59 Å². The summed E-state index contributed by atoms with van der Waals surface area (Å²) in [6.45, 7) is 2.19. The fourth-order valence-corrected chi connectivity index (χ4v) is 2.62. The van der Waals surface area contributed by atoms with Crippen LogP contribution in [0.4, 0.5) is 5.69 Å². The second-order valence-corrected chi connectivity index (χ2v) is 5.34. The Kier molecular flexibility index (Phi) is 5.40. The summed E-state index contributed by atoms with van der Waals surface area (Å²) in [4.78, 5) is 25.2. The van der Waals surface area contributed by atoms with Crippen molar-refractivity contribution >= 4 is 29.3 Å². The predicted octanol–water partition coefficient (Wildman–Crippen LogP) is 2.91. The number of carbonyl (C=O) groups is 2. The van der Waals surface area contributed by atoms with E-state index >= 15 is 0 Å². The third-order valence-electron chi connectivity index (χ3n) is 2.65. The van der Waals surface area contributed by atoms with Gasteiger partial charge in [0.2, 0.25) is 0 Å². The minimum atomic E-state index is -0.655. The van der Waals surface area contributed by atoms with Crippen LogP contribution in [0, 0.1) is 0 Å². The van der Waals surface area contributed by atoms with E-state index in [4.69, 9.17) is 0 Å². The lowest BCUT2D eigenvalue weighted by Gasteiger charge is -2.10. The molecule has 2 aromatic rings. The Morgan fingerprint density at radius 1 is 0.952 bits per heavy atom. The molecule has 2 rings (SSSR count). The zero-order valence-electron chi connectivity index (χ0n) is 11.6. The summed E-state index contributed by atoms with van der Waals surface area (Å²) < 4.78 is 0. The number of likely N-dealkylation sites (N-methyl/N-ethyl adjacent to an activating group) is 1. The van der Waals surface area contributed by atoms with Crippen LogP contribution >= 0.6 is 11.8 Å². The molecule has 0 saturated carbocycles. The summed E-state index contributed by atoms with van der Waals surface area (Å²) in [6, 6.07) is 17.3. The molecular weight excluding hydrogens is 284 g/mol. The van der Waals surface area contributed by atoms with Crippen molar-refractivity contribution in [3.63, 3.8) is 0 Å². The molecule has 4 nitrogen and oxygen atoms in total. The summed E-state index contributed by atoms with van der Waals surface area (Å²) in [6.07, 6.45) is 0. The summed E-state index contributed by atoms with van der Waals surface area (Å²) in [5.41, 5.74) is 0.627. The number of hydrogen-bond acceptors (Lipinski definition) is 3. The molecule has 2 amide bonds. The zero-order valence-corrected chi connectivity index (χ0v) is 12.4. The second kappa shape index (κ2) is 7.50. The Bertz CT molecular complexity index is 629. The first-order valence-corrected chi connectivity index (χ1v) is 7.43. The number of benzene rings is 2. The van der Waals surface area contributed by atoms with Gasteiger partial charge in [-0.2, -0.15) is 0 Å². The molecule has 0 saturated heterocycles. The Hall–Kier alpha value is -2.27. The summed E-state index contributed by atoms with van der Waals surface area (Å²) in [7, 11) is 0. The van der Waals surface area contributed by atoms with Crippen molar-refractivity contribution < 1.29 is 9.59 Å². The molecule has 0 bridgehead atoms. The van der Waals surface area contributed by atoms with Crippen LogP contribution in [0.25, 0.3) is 0 Å². The molecule has 0 aromatic heterocycles. The highest BCUT2D eigenvalue weighted by Crippen LogP contribution is 2.33. The van der Waals surface area contributed by atoms with E-state index in [-0.39, 0.29) is 0 Å². The number of hydrogen-bond donors (Lipinski definition) is 2. The summed E-state index contributed by atoms with van der Waals surface area (Å²) in [5.74, 6) is -1.28. The van der Waals surface area contributed by atoms with Crippen LogP contribution in [0.3, 0.4) is 0 Å². The third-order valence-corrected chi connectivity index (χ3v) is 3.73. The minimum Gasteiger partial charge on any atom is -0.348 e. The van der Waals surface area contributed by atoms with Gasteiger partial charge in [-0.1, -0.05) is 42.1 Å². The monoisotopic (exact) mass is 300 g/mol. The maximum Gasteiger partial charge on any atom is 0.313 e. The van der Waals surface area contributed by atoms with Crippen LogP contribution in [0.2, 0.25) is 0 Å². The quantitative estimate of drug-likeness (QED) is 0.854. The van der Waals surface area contributed by atoms with E-state index in [2.05, 4.69) is 10.6 Å². The van der Waals surface area contributed by atoms with Gasteiger partial charge in [-0.05, 0) is 31.2 Å². The molecule has 0 spiro atoms. The van der Waals surface area contributed by atoms with Gasteiger partial charge in [0.15, 0.2) is 0 Å². The highest BCUT2D eigenvalue weighted by Gasteiger charge is 2.14. The predicted molar refractivity (Wildman–Crippen MR) is 84.3 cm³/mol. The molecule has 0 aliphatic carbocycles. The molecule has 0 aliphatic heterocycles. The fraction of sp³-hybridized carbons (Fsp3) is 0.125. The van der Waals surface area contributed by atoms with Crippen molar-refractivity contribution in [1.82, 2.24) is 5.32 Å². The molecule has 0 radical (unpaired) electrons. The van der Waals surface area contributed by atoms with Gasteiger partial charge in [0, 0.05) is 16.3 Å². The number of anilines is 1. The van der Waals surface area contributed by atoms with E-state index in [1.165, 1.54) is 11.8 Å². The highest BCUT2D eigenvalue weighted by atomic mass is 32.2. The normalized spacial score (nSPS) is 9.95. The van der Waals surface area contributed by atoms with Crippen LogP contribution in [0.15, 0.2) is 64.4 Å². The van der Waals surface area contributed by atoms with Crippen molar-refractivity contribution in [2.45, 2.75) is 16.7 Å². The van der Waals surface area contributed by atoms with Gasteiger partial charge in [0.1, 0.15) is 0 Å². The van der Waals surface area contributed by atoms with E-state index in [9.17, 15) is 9.59 Å². The summed E-state index contributed by atoms with van der Waals surface area (Å²) >= 11 is 1.53. The molecule has 5 heteroatoms. The average Bonchev–Trinajstić information content (AvgIpc) is 2.50. The zero-order chi connectivity index (χ0) is 15.1. The Balaban J connectivity index is 2.14. The molecule has 0 fully saturated rings. The van der Waals surface area contributed by atoms with E-state index in [1.54, 1.807) is 13.0 Å². The molecule has 0 unspecified atom stereocenters. The van der Waals surface area contributed by atoms with Crippen molar-refractivity contribution in [2.75, 3.05) is 11.9 Å². The second-order valence-electron chi connectivity index (χ2n) is 4.22. The van der Waals surface area contributed by atoms with Crippen molar-refractivity contribution in [3.05, 3.63) is 54.6 Å². The summed E-state index contributed by atoms with van der Waals surface area (Å²) in [5, 5.41) is 5.12. The van der Waals surface area contributed by atoms with Gasteiger partial charge < -0.3 is 10.6 Å². The van der Waals surface area contributed by atoms with Gasteiger partial charge in [-0.3, -0.25) is 9.59 Å². The van der Waals surface area contributed by atoms with E-state index in [1.807, 2.05) is 48.5 Å². The minimum absolute atomic E-state index is 0.423. The van der Waals surface area contributed by atoms with Gasteiger partial charge in [0.05, 0.1) is 5.69 Å². The standard InChI is InChI=1S/C16H16N2O2S/c1-2-17-15(19)16(20)18-13-10-6-7-11-14(13)21-12-8-4-3-5-9-12/h3-11H,2H2,1H3,(H,17,19)(H,18,20). The molecule has 0 atom stereocenters. The van der Waals surface area contributed by atoms with Crippen LogP contribution < -0.4 is 10.6 Å². The number of nitrogens with one attached hydrogen (secondary N) is 2. The smallest absolute Gasteiger partial charge is 0.313 e. The molecule has 21 heavy (non-hydrogen) atoms. The topological polar surface area (TPSA) is 58.2 Å². The lowest BCUT2D eigenvalue weighted by Crippen LogP contribution is -2.35. The lowest BCUT2D eigenvalue weighted by atomic mass is 10.3. The van der Waals surface area contributed by atoms with Gasteiger partial charge in [-0.15, -0.1) is 0 Å². The number of rotatable bonds is 4. The largest absolute Gasteiger partial charge is 0.348 e. The average molecular weight is 300 g/mol. The van der Waals surface area contributed by atoms with Gasteiger partial charge in [-0.25, -0.2) is 0 Å². The maximum absolute atomic E-state index is 11.8. The van der Waals surface area contributed by atoms with Crippen LogP contribution in [-0.4, -0.2) is 18.4 Å². The van der Waals surface area contributed by atoms with Crippen LogP contribution in [0.1, 0.15) is 6.92 Å². The third kappa shape index (κ3) is 4.36. The first-order chi connectivity index (χ1) is 10.2. The SMILES string of the molecule is CCNC(=O)C(=O)Nc1ccccc1Sc1ccccc1. The van der Waals surface area contributed by atoms with E-state index in [0.29, 0.717) is 12.2 Å². The first-order valence-electron chi connectivity index (χ1n) is 6.62. The van der Waals surface area contributed by atoms with E-state index < -0.39 is 11.8 Å². The van der Waals surface area contributed by atoms with Gasteiger partial charge in [0.25, 0.3) is 0 Å². The Morgan fingerprint density at radius 3 is 2.33 bits per heavy atom. The van der Waals surface area contributed by atoms with Crippen molar-refractivity contribution in [1.29, 1.82) is 0 Å². The molecule has 2 aromatic carbocycles. The van der Waals surface area contributed by atoms with E-state index in [0.717, 1.165) is 9.79 Å². The van der Waals surface area contributed by atoms with Crippen molar-refractivity contribution in [3.8, 4) is 0 Å². The highest BCUT2D eigenvalue weighted by molar-refractivity contribution is 7.99. The Morgan fingerprint density at radius 2 is 1.62 bits per heavy atom. The first kappa shape index (κ1) is 15.1. The molecule has 0 heterocycles. The number of amides is 2. The van der Waals surface area contributed by atoms with Crippen molar-refractivity contribution in [2.24, 2.45) is 0 Å². The molecular formula is C16H16N2O2S. The van der Waals surface area contributed by atoms with Gasteiger partial charge >= 0.3 is 11.8 Å². The lowest BCUT2D eigenvalue weighted by molar-refractivity contribution is -0.136. The maximum atomic E-state index is 11.8. The fourth-order valence-electron chi connectivity index (χ4n) is 1.69.